The molecule has 4 heterocycles. The number of rotatable bonds is 5. The Morgan fingerprint density at radius 2 is 2.00 bits per heavy atom. The van der Waals surface area contributed by atoms with Crippen molar-refractivity contribution in [1.82, 2.24) is 29.6 Å². The second kappa shape index (κ2) is 9.46. The number of carbonyl (C=O) groups excluding carboxylic acids is 2. The highest BCUT2D eigenvalue weighted by atomic mass is 16.5. The summed E-state index contributed by atoms with van der Waals surface area (Å²) in [4.78, 5) is 41.1. The molecule has 0 bridgehead atoms. The maximum Gasteiger partial charge on any atom is 0.295 e. The fourth-order valence-corrected chi connectivity index (χ4v) is 3.56. The molecule has 0 spiro atoms. The van der Waals surface area contributed by atoms with E-state index < -0.39 is 71.8 Å². The Labute approximate surface area is 222 Å². The van der Waals surface area contributed by atoms with Crippen LogP contribution in [0.5, 0.6) is 5.75 Å². The van der Waals surface area contributed by atoms with Crippen LogP contribution in [0.25, 0.3) is 27.3 Å². The smallest absolute Gasteiger partial charge is 0.295 e. The molecule has 5 rings (SSSR count). The number of methoxy groups -OCH3 is 1. The molecule has 3 aromatic heterocycles. The Hall–Kier alpha value is -4.78. The van der Waals surface area contributed by atoms with E-state index in [0.717, 1.165) is 23.4 Å². The third-order valence-electron chi connectivity index (χ3n) is 5.21. The number of benzene rings is 1. The van der Waals surface area contributed by atoms with Crippen molar-refractivity contribution < 1.29 is 29.4 Å². The number of ketones is 1. The lowest BCUT2D eigenvalue weighted by atomic mass is 9.97. The van der Waals surface area contributed by atoms with E-state index in [1.165, 1.54) is 31.4 Å². The van der Waals surface area contributed by atoms with Gasteiger partial charge in [-0.2, -0.15) is 5.10 Å². The number of piperidine rings is 1. The summed E-state index contributed by atoms with van der Waals surface area (Å²) in [5.41, 5.74) is -2.41. The monoisotopic (exact) mass is 492 g/mol. The Morgan fingerprint density at radius 3 is 2.67 bits per heavy atom. The van der Waals surface area contributed by atoms with Crippen LogP contribution in [0.15, 0.2) is 54.6 Å². The first kappa shape index (κ1) is 13.3. The molecule has 1 amide bonds. The largest absolute Gasteiger partial charge is 0.494 e. The van der Waals surface area contributed by atoms with Gasteiger partial charge in [0.1, 0.15) is 17.9 Å². The molecule has 36 heavy (non-hydrogen) atoms. The highest BCUT2D eigenvalue weighted by Crippen LogP contribution is 2.33. The topological polar surface area (TPSA) is 110 Å². The lowest BCUT2D eigenvalue weighted by molar-refractivity contribution is -0.126. The average molecular weight is 493 g/mol. The fraction of sp³-hybridized carbons (Fsp3) is 0.231. The zero-order valence-corrected chi connectivity index (χ0v) is 18.5. The van der Waals surface area contributed by atoms with Crippen molar-refractivity contribution >= 4 is 28.3 Å². The first-order valence-corrected chi connectivity index (χ1v) is 10.3. The number of fused-ring (bicyclic) bond motifs is 1. The number of nitrogens with zero attached hydrogens (tertiary/aromatic N) is 6. The number of hydrogen-bond acceptors (Lipinski definition) is 6. The predicted octanol–water partition coefficient (Wildman–Crippen LogP) is 3.60. The van der Waals surface area contributed by atoms with Gasteiger partial charge in [0.05, 0.1) is 36.3 Å². The summed E-state index contributed by atoms with van der Waals surface area (Å²) in [6, 6.07) is 7.20. The van der Waals surface area contributed by atoms with E-state index in [1.54, 1.807) is 6.07 Å². The Morgan fingerprint density at radius 1 is 1.22 bits per heavy atom. The van der Waals surface area contributed by atoms with Crippen molar-refractivity contribution in [3.05, 3.63) is 83.0 Å². The molecule has 4 aromatic rings. The summed E-state index contributed by atoms with van der Waals surface area (Å²) in [6.07, 6.45) is -3.90. The minimum atomic E-state index is -3.72. The number of hydrogen-bond donors (Lipinski definition) is 1. The number of carbonyl (C=O) groups is 2. The van der Waals surface area contributed by atoms with Crippen molar-refractivity contribution in [2.45, 2.75) is 19.6 Å². The minimum absolute atomic E-state index is 0.0126. The second-order valence-corrected chi connectivity index (χ2v) is 7.26. The van der Waals surface area contributed by atoms with E-state index in [0.29, 0.717) is 0 Å². The number of likely N-dealkylation sites (tertiary alicyclic amines) is 1. The zero-order chi connectivity index (χ0) is 34.9. The molecular formula is C26H23N7O3. The van der Waals surface area contributed by atoms with E-state index in [4.69, 9.17) is 26.4 Å². The molecule has 0 aliphatic carbocycles. The Kier molecular flexibility index (Phi) is 3.51. The predicted molar refractivity (Wildman–Crippen MR) is 132 cm³/mol. The van der Waals surface area contributed by atoms with Crippen LogP contribution in [-0.4, -0.2) is 61.4 Å². The Bertz CT molecular complexity index is 1960. The number of aromatic nitrogens is 5. The summed E-state index contributed by atoms with van der Waals surface area (Å²) >= 11 is 0. The first-order valence-electron chi connectivity index (χ1n) is 15.8. The number of nitrogens with one attached hydrogen (secondary N) is 1. The van der Waals surface area contributed by atoms with Crippen LogP contribution in [0.3, 0.4) is 0 Å². The third-order valence-corrected chi connectivity index (χ3v) is 5.21. The minimum Gasteiger partial charge on any atom is -0.494 e. The Balaban J connectivity index is 1.66. The molecule has 180 valence electrons. The van der Waals surface area contributed by atoms with Gasteiger partial charge in [-0.1, -0.05) is 35.9 Å². The lowest BCUT2D eigenvalue weighted by Crippen LogP contribution is -2.40. The molecule has 0 atom stereocenters. The van der Waals surface area contributed by atoms with Gasteiger partial charge in [-0.3, -0.25) is 9.59 Å². The van der Waals surface area contributed by atoms with Crippen molar-refractivity contribution in [3.63, 3.8) is 0 Å². The van der Waals surface area contributed by atoms with Gasteiger partial charge in [0.25, 0.3) is 11.7 Å². The molecule has 10 nitrogen and oxygen atoms in total. The summed E-state index contributed by atoms with van der Waals surface area (Å²) in [5, 5.41) is 3.76. The standard InChI is InChI=1S/C26H23N7O3/c1-16-30-15-33(31-16)25-23-21(20(36-3)14-29-25)19(13-28-23)24(34)26(35)32-11-9-18(10-12-32)22(27-2)17-7-5-4-6-8-17/h4-8,13-15,28H,9-12H2,1,3H3/i1D3,9D2,10D2,11D2,12D2. The van der Waals surface area contributed by atoms with Crippen LogP contribution in [0, 0.1) is 13.4 Å². The molecular weight excluding hydrogens is 458 g/mol. The maximum atomic E-state index is 13.9. The summed E-state index contributed by atoms with van der Waals surface area (Å²) in [6.45, 7) is -2.43. The number of pyridine rings is 1. The van der Waals surface area contributed by atoms with Gasteiger partial charge in [-0.25, -0.2) is 19.5 Å². The van der Waals surface area contributed by atoms with Gasteiger partial charge in [0.2, 0.25) is 0 Å². The molecule has 1 aliphatic heterocycles. The molecule has 1 aromatic carbocycles. The van der Waals surface area contributed by atoms with E-state index in [9.17, 15) is 9.59 Å². The highest BCUT2D eigenvalue weighted by Gasteiger charge is 2.30. The number of H-pyrrole nitrogens is 1. The van der Waals surface area contributed by atoms with Crippen LogP contribution in [0.1, 0.15) is 49.6 Å². The van der Waals surface area contributed by atoms with Gasteiger partial charge in [0.15, 0.2) is 11.5 Å². The molecule has 1 saturated heterocycles. The van der Waals surface area contributed by atoms with Gasteiger partial charge in [-0.05, 0) is 25.2 Å². The van der Waals surface area contributed by atoms with Gasteiger partial charge in [-0.15, -0.1) is 0 Å². The second-order valence-electron chi connectivity index (χ2n) is 7.26. The summed E-state index contributed by atoms with van der Waals surface area (Å²) in [5.74, 6) is -4.21. The van der Waals surface area contributed by atoms with Crippen LogP contribution < -0.4 is 4.74 Å². The summed E-state index contributed by atoms with van der Waals surface area (Å²) < 4.78 is 98.3. The van der Waals surface area contributed by atoms with Crippen molar-refractivity contribution in [1.29, 1.82) is 0 Å². The van der Waals surface area contributed by atoms with Crippen LogP contribution in [0.2, 0.25) is 0 Å². The molecule has 0 unspecified atom stereocenters. The van der Waals surface area contributed by atoms with Crippen LogP contribution in [0.4, 0.5) is 0 Å². The van der Waals surface area contributed by atoms with Crippen LogP contribution in [-0.2, 0) is 4.79 Å². The maximum absolute atomic E-state index is 13.9. The molecule has 1 aliphatic rings. The summed E-state index contributed by atoms with van der Waals surface area (Å²) in [7, 11) is 1.21. The molecule has 1 fully saturated rings. The van der Waals surface area contributed by atoms with Gasteiger partial charge >= 0.3 is 0 Å². The SMILES string of the molecule is [2H]C([2H])([2H])c1ncn(-c2ncc(OC)c3c(C(=O)C(=O)N4C([2H])([2H])C([2H])([2H])C(=C([N+]#[C-])c5ccccc5)C([2H])([2H])C4([2H])[2H])c[nH]c23)n1. The first-order chi connectivity index (χ1) is 21.7. The van der Waals surface area contributed by atoms with E-state index in [-0.39, 0.29) is 28.0 Å². The van der Waals surface area contributed by atoms with E-state index in [1.807, 2.05) is 0 Å². The highest BCUT2D eigenvalue weighted by molar-refractivity contribution is 6.45. The van der Waals surface area contributed by atoms with Gasteiger partial charge in [0, 0.05) is 34.3 Å². The lowest BCUT2D eigenvalue weighted by Gasteiger charge is -2.28. The zero-order valence-electron chi connectivity index (χ0n) is 29.5. The average Bonchev–Trinajstić information content (AvgIpc) is 3.67. The van der Waals surface area contributed by atoms with Crippen molar-refractivity contribution in [2.75, 3.05) is 20.1 Å². The number of ether oxygens (including phenoxy) is 1. The van der Waals surface area contributed by atoms with E-state index >= 15 is 0 Å². The number of aromatic amines is 1. The van der Waals surface area contributed by atoms with Crippen molar-refractivity contribution in [2.24, 2.45) is 0 Å². The van der Waals surface area contributed by atoms with Crippen molar-refractivity contribution in [3.8, 4) is 11.6 Å². The number of amides is 1. The molecule has 0 saturated carbocycles. The third kappa shape index (κ3) is 4.01. The normalized spacial score (nSPS) is 23.9. The van der Waals surface area contributed by atoms with Gasteiger partial charge < -0.3 is 14.6 Å². The fourth-order valence-electron chi connectivity index (χ4n) is 3.56. The number of aryl methyl sites for hydroxylation is 1. The molecule has 0 radical (unpaired) electrons. The van der Waals surface area contributed by atoms with E-state index in [2.05, 4.69) is 24.9 Å². The number of Topliss-reactive ketones (excluding diaryl/α,β-unsaturated/α-hetero) is 1. The van der Waals surface area contributed by atoms with Crippen LogP contribution >= 0.6 is 0 Å². The molecule has 10 heteroatoms. The molecule has 1 N–H and O–H groups in total. The quantitative estimate of drug-likeness (QED) is 0.259.